The molecule has 1 aliphatic carbocycles. The fraction of sp³-hybridized carbons (Fsp3) is 1.00. The van der Waals surface area contributed by atoms with Crippen LogP contribution in [0.15, 0.2) is 0 Å². The van der Waals surface area contributed by atoms with Crippen LogP contribution in [-0.2, 0) is 0 Å². The van der Waals surface area contributed by atoms with Gasteiger partial charge in [-0.1, -0.05) is 34.6 Å². The summed E-state index contributed by atoms with van der Waals surface area (Å²) < 4.78 is 0. The molecule has 0 aromatic heterocycles. The minimum Gasteiger partial charge on any atom is -0.0602 e. The van der Waals surface area contributed by atoms with E-state index in [9.17, 15) is 0 Å². The predicted octanol–water partition coefficient (Wildman–Crippen LogP) is 4.64. The first kappa shape index (κ1) is 11.1. The maximum atomic E-state index is 2.42. The molecule has 0 heterocycles. The molecule has 1 aliphatic rings. The summed E-state index contributed by atoms with van der Waals surface area (Å²) in [4.78, 5) is 0. The topological polar surface area (TPSA) is 0 Å². The van der Waals surface area contributed by atoms with Crippen LogP contribution in [-0.4, -0.2) is 0 Å². The lowest BCUT2D eigenvalue weighted by Gasteiger charge is -2.21. The molecule has 1 saturated carbocycles. The molecule has 0 aromatic rings. The first-order chi connectivity index (χ1) is 5.79. The molecule has 78 valence electrons. The Morgan fingerprint density at radius 3 is 2.23 bits per heavy atom. The summed E-state index contributed by atoms with van der Waals surface area (Å²) >= 11 is 0. The number of hydrogen-bond donors (Lipinski definition) is 0. The van der Waals surface area contributed by atoms with Crippen molar-refractivity contribution in [3.63, 3.8) is 0 Å². The van der Waals surface area contributed by atoms with Gasteiger partial charge < -0.3 is 0 Å². The third kappa shape index (κ3) is 4.15. The Morgan fingerprint density at radius 1 is 1.23 bits per heavy atom. The Bertz CT molecular complexity index is 159. The Morgan fingerprint density at radius 2 is 1.85 bits per heavy atom. The van der Waals surface area contributed by atoms with Gasteiger partial charge in [0.05, 0.1) is 0 Å². The van der Waals surface area contributed by atoms with Crippen LogP contribution in [0.25, 0.3) is 0 Å². The Labute approximate surface area is 84.1 Å². The average molecular weight is 182 g/mol. The molecule has 1 atom stereocenters. The van der Waals surface area contributed by atoms with Crippen LogP contribution < -0.4 is 0 Å². The lowest BCUT2D eigenvalue weighted by atomic mass is 9.84. The summed E-state index contributed by atoms with van der Waals surface area (Å²) in [6, 6.07) is 0. The van der Waals surface area contributed by atoms with Gasteiger partial charge in [0.2, 0.25) is 0 Å². The quantitative estimate of drug-likeness (QED) is 0.583. The zero-order chi connectivity index (χ0) is 10.1. The number of hydrogen-bond acceptors (Lipinski definition) is 0. The van der Waals surface area contributed by atoms with Gasteiger partial charge in [-0.25, -0.2) is 0 Å². The third-order valence-corrected chi connectivity index (χ3v) is 3.37. The number of rotatable bonds is 2. The van der Waals surface area contributed by atoms with Crippen molar-refractivity contribution in [1.82, 2.24) is 0 Å². The van der Waals surface area contributed by atoms with E-state index >= 15 is 0 Å². The Kier molecular flexibility index (Phi) is 3.09. The average Bonchev–Trinajstić information content (AvgIpc) is 2.24. The molecule has 0 heteroatoms. The standard InChI is InChI=1S/C13H26/c1-12(2,3)8-6-11-7-9-13(4,5)10-11/h11H,6-10H2,1-5H3. The molecule has 0 spiro atoms. The molecule has 0 bridgehead atoms. The molecule has 0 nitrogen and oxygen atoms in total. The zero-order valence-electron chi connectivity index (χ0n) is 10.1. The molecule has 0 amide bonds. The molecule has 0 aliphatic heterocycles. The highest BCUT2D eigenvalue weighted by molar-refractivity contribution is 4.82. The van der Waals surface area contributed by atoms with Gasteiger partial charge in [0, 0.05) is 0 Å². The van der Waals surface area contributed by atoms with Crippen LogP contribution in [0.3, 0.4) is 0 Å². The second kappa shape index (κ2) is 3.63. The molecule has 1 rings (SSSR count). The smallest absolute Gasteiger partial charge is 0.0351 e. The monoisotopic (exact) mass is 182 g/mol. The first-order valence-electron chi connectivity index (χ1n) is 5.79. The van der Waals surface area contributed by atoms with Crippen molar-refractivity contribution in [1.29, 1.82) is 0 Å². The van der Waals surface area contributed by atoms with E-state index in [4.69, 9.17) is 0 Å². The van der Waals surface area contributed by atoms with Crippen molar-refractivity contribution in [2.45, 2.75) is 66.7 Å². The van der Waals surface area contributed by atoms with Crippen LogP contribution in [0.5, 0.6) is 0 Å². The van der Waals surface area contributed by atoms with Gasteiger partial charge in [0.25, 0.3) is 0 Å². The normalized spacial score (nSPS) is 27.9. The first-order valence-corrected chi connectivity index (χ1v) is 5.79. The summed E-state index contributed by atoms with van der Waals surface area (Å²) in [5.41, 5.74) is 1.18. The largest absolute Gasteiger partial charge is 0.0602 e. The van der Waals surface area contributed by atoms with Crippen LogP contribution in [0.2, 0.25) is 0 Å². The second-order valence-electron chi connectivity index (χ2n) is 6.87. The highest BCUT2D eigenvalue weighted by Gasteiger charge is 2.31. The van der Waals surface area contributed by atoms with E-state index in [0.717, 1.165) is 5.92 Å². The van der Waals surface area contributed by atoms with Crippen molar-refractivity contribution in [2.24, 2.45) is 16.7 Å². The van der Waals surface area contributed by atoms with E-state index in [1.807, 2.05) is 0 Å². The second-order valence-corrected chi connectivity index (χ2v) is 6.87. The lowest BCUT2D eigenvalue weighted by molar-refractivity contribution is 0.302. The summed E-state index contributed by atoms with van der Waals surface area (Å²) in [6.45, 7) is 11.9. The fourth-order valence-electron chi connectivity index (χ4n) is 2.46. The molecular weight excluding hydrogens is 156 g/mol. The molecule has 0 aromatic carbocycles. The van der Waals surface area contributed by atoms with Crippen LogP contribution in [0.1, 0.15) is 66.7 Å². The third-order valence-electron chi connectivity index (χ3n) is 3.37. The molecule has 1 unspecified atom stereocenters. The van der Waals surface area contributed by atoms with Crippen molar-refractivity contribution in [3.8, 4) is 0 Å². The molecule has 0 saturated heterocycles. The highest BCUT2D eigenvalue weighted by Crippen LogP contribution is 2.43. The fourth-order valence-corrected chi connectivity index (χ4v) is 2.46. The van der Waals surface area contributed by atoms with Gasteiger partial charge >= 0.3 is 0 Å². The summed E-state index contributed by atoms with van der Waals surface area (Å²) in [5.74, 6) is 1.02. The van der Waals surface area contributed by atoms with Crippen molar-refractivity contribution in [3.05, 3.63) is 0 Å². The predicted molar refractivity (Wildman–Crippen MR) is 59.8 cm³/mol. The zero-order valence-corrected chi connectivity index (χ0v) is 10.1. The molecular formula is C13H26. The minimum atomic E-state index is 0.534. The highest BCUT2D eigenvalue weighted by atomic mass is 14.4. The van der Waals surface area contributed by atoms with Crippen LogP contribution in [0, 0.1) is 16.7 Å². The molecule has 13 heavy (non-hydrogen) atoms. The molecule has 1 fully saturated rings. The van der Waals surface area contributed by atoms with Gasteiger partial charge in [0.1, 0.15) is 0 Å². The van der Waals surface area contributed by atoms with E-state index in [2.05, 4.69) is 34.6 Å². The van der Waals surface area contributed by atoms with Gasteiger partial charge in [-0.05, 0) is 48.9 Å². The maximum absolute atomic E-state index is 2.42. The summed E-state index contributed by atoms with van der Waals surface area (Å²) in [6.07, 6.45) is 7.23. The van der Waals surface area contributed by atoms with Gasteiger partial charge in [-0.15, -0.1) is 0 Å². The van der Waals surface area contributed by atoms with E-state index in [0.29, 0.717) is 10.8 Å². The van der Waals surface area contributed by atoms with E-state index < -0.39 is 0 Å². The Balaban J connectivity index is 2.25. The van der Waals surface area contributed by atoms with Gasteiger partial charge in [0.15, 0.2) is 0 Å². The molecule has 0 N–H and O–H groups in total. The van der Waals surface area contributed by atoms with Crippen molar-refractivity contribution >= 4 is 0 Å². The van der Waals surface area contributed by atoms with Crippen LogP contribution >= 0.6 is 0 Å². The Hall–Kier alpha value is 0. The van der Waals surface area contributed by atoms with Crippen molar-refractivity contribution < 1.29 is 0 Å². The van der Waals surface area contributed by atoms with Gasteiger partial charge in [-0.3, -0.25) is 0 Å². The van der Waals surface area contributed by atoms with E-state index in [-0.39, 0.29) is 0 Å². The van der Waals surface area contributed by atoms with Gasteiger partial charge in [-0.2, -0.15) is 0 Å². The SMILES string of the molecule is CC(C)(C)CCC1CCC(C)(C)C1. The lowest BCUT2D eigenvalue weighted by Crippen LogP contribution is -2.09. The van der Waals surface area contributed by atoms with Crippen LogP contribution in [0.4, 0.5) is 0 Å². The van der Waals surface area contributed by atoms with E-state index in [1.54, 1.807) is 0 Å². The maximum Gasteiger partial charge on any atom is -0.0351 e. The minimum absolute atomic E-state index is 0.534. The summed E-state index contributed by atoms with van der Waals surface area (Å²) in [7, 11) is 0. The summed E-state index contributed by atoms with van der Waals surface area (Å²) in [5, 5.41) is 0. The van der Waals surface area contributed by atoms with Crippen molar-refractivity contribution in [2.75, 3.05) is 0 Å². The van der Waals surface area contributed by atoms with E-state index in [1.165, 1.54) is 32.1 Å². The molecule has 0 radical (unpaired) electrons.